The number of aliphatic hydroxyl groups is 2. The lowest BCUT2D eigenvalue weighted by Crippen LogP contribution is -2.45. The van der Waals surface area contributed by atoms with E-state index in [0.717, 1.165) is 5.56 Å². The van der Waals surface area contributed by atoms with Gasteiger partial charge in [-0.2, -0.15) is 0 Å². The van der Waals surface area contributed by atoms with E-state index in [-0.39, 0.29) is 18.9 Å². The second kappa shape index (κ2) is 7.94. The molecule has 26 heavy (non-hydrogen) atoms. The Morgan fingerprint density at radius 2 is 1.92 bits per heavy atom. The van der Waals surface area contributed by atoms with E-state index in [2.05, 4.69) is 5.32 Å². The lowest BCUT2D eigenvalue weighted by molar-refractivity contribution is -0.385. The Morgan fingerprint density at radius 1 is 1.27 bits per heavy atom. The molecule has 0 aliphatic heterocycles. The summed E-state index contributed by atoms with van der Waals surface area (Å²) in [6.45, 7) is 2.49. The first-order valence-electron chi connectivity index (χ1n) is 7.84. The molecule has 2 aromatic rings. The molecule has 8 heteroatoms. The fourth-order valence-electron chi connectivity index (χ4n) is 2.18. The van der Waals surface area contributed by atoms with Crippen LogP contribution in [0.25, 0.3) is 0 Å². The first kappa shape index (κ1) is 19.4. The van der Waals surface area contributed by atoms with Gasteiger partial charge in [0.15, 0.2) is 5.60 Å². The zero-order valence-electron chi connectivity index (χ0n) is 14.4. The van der Waals surface area contributed by atoms with Crippen LogP contribution in [0, 0.1) is 17.0 Å². The van der Waals surface area contributed by atoms with Crippen molar-refractivity contribution in [1.29, 1.82) is 0 Å². The minimum absolute atomic E-state index is 0.0515. The average Bonchev–Trinajstić information content (AvgIpc) is 2.60. The van der Waals surface area contributed by atoms with Gasteiger partial charge in [-0.05, 0) is 43.7 Å². The number of nitro benzene ring substituents is 1. The molecule has 2 aromatic carbocycles. The summed E-state index contributed by atoms with van der Waals surface area (Å²) in [4.78, 5) is 22.6. The van der Waals surface area contributed by atoms with E-state index in [0.29, 0.717) is 17.0 Å². The molecule has 0 aromatic heterocycles. The highest BCUT2D eigenvalue weighted by Gasteiger charge is 2.31. The number of nitrogens with zero attached hydrogens (tertiary/aromatic N) is 1. The smallest absolute Gasteiger partial charge is 0.272 e. The van der Waals surface area contributed by atoms with Crippen molar-refractivity contribution >= 4 is 17.3 Å². The largest absolute Gasteiger partial charge is 0.490 e. The van der Waals surface area contributed by atoms with Crippen molar-refractivity contribution in [2.24, 2.45) is 0 Å². The van der Waals surface area contributed by atoms with Crippen molar-refractivity contribution in [3.63, 3.8) is 0 Å². The predicted octanol–water partition coefficient (Wildman–Crippen LogP) is 2.16. The summed E-state index contributed by atoms with van der Waals surface area (Å²) in [7, 11) is 0. The standard InChI is InChI=1S/C18H20N2O6/c1-12-9-14(5-8-16(12)20(24)25)19-17(22)18(2,23)11-26-15-6-3-13(10-21)4-7-15/h3-9,21,23H,10-11H2,1-2H3,(H,19,22). The number of carbonyl (C=O) groups is 1. The highest BCUT2D eigenvalue weighted by molar-refractivity contribution is 5.97. The fraction of sp³-hybridized carbons (Fsp3) is 0.278. The summed E-state index contributed by atoms with van der Waals surface area (Å²) in [6, 6.07) is 10.7. The van der Waals surface area contributed by atoms with E-state index in [1.54, 1.807) is 31.2 Å². The van der Waals surface area contributed by atoms with Crippen LogP contribution >= 0.6 is 0 Å². The third kappa shape index (κ3) is 4.78. The Kier molecular flexibility index (Phi) is 5.91. The maximum Gasteiger partial charge on any atom is 0.272 e. The maximum atomic E-state index is 12.3. The van der Waals surface area contributed by atoms with Crippen LogP contribution in [0.2, 0.25) is 0 Å². The molecule has 3 N–H and O–H groups in total. The van der Waals surface area contributed by atoms with Crippen LogP contribution in [0.4, 0.5) is 11.4 Å². The zero-order chi connectivity index (χ0) is 19.3. The molecule has 0 aliphatic carbocycles. The summed E-state index contributed by atoms with van der Waals surface area (Å²) in [5.74, 6) is -0.251. The van der Waals surface area contributed by atoms with Crippen molar-refractivity contribution in [2.45, 2.75) is 26.1 Å². The van der Waals surface area contributed by atoms with Crippen LogP contribution in [-0.2, 0) is 11.4 Å². The molecule has 138 valence electrons. The van der Waals surface area contributed by atoms with Gasteiger partial charge in [-0.15, -0.1) is 0 Å². The highest BCUT2D eigenvalue weighted by Crippen LogP contribution is 2.22. The lowest BCUT2D eigenvalue weighted by atomic mass is 10.1. The van der Waals surface area contributed by atoms with Gasteiger partial charge in [-0.1, -0.05) is 12.1 Å². The Balaban J connectivity index is 2.00. The van der Waals surface area contributed by atoms with Crippen molar-refractivity contribution < 1.29 is 24.7 Å². The van der Waals surface area contributed by atoms with Gasteiger partial charge in [0.1, 0.15) is 12.4 Å². The van der Waals surface area contributed by atoms with Crippen molar-refractivity contribution in [3.05, 3.63) is 63.7 Å². The number of carbonyl (C=O) groups excluding carboxylic acids is 1. The predicted molar refractivity (Wildman–Crippen MR) is 94.9 cm³/mol. The molecule has 0 radical (unpaired) electrons. The molecular formula is C18H20N2O6. The normalized spacial score (nSPS) is 12.9. The summed E-state index contributed by atoms with van der Waals surface area (Å²) in [5, 5.41) is 32.7. The van der Waals surface area contributed by atoms with Crippen molar-refractivity contribution in [2.75, 3.05) is 11.9 Å². The number of benzene rings is 2. The minimum atomic E-state index is -1.81. The number of anilines is 1. The zero-order valence-corrected chi connectivity index (χ0v) is 14.4. The topological polar surface area (TPSA) is 122 Å². The number of rotatable bonds is 7. The fourth-order valence-corrected chi connectivity index (χ4v) is 2.18. The summed E-state index contributed by atoms with van der Waals surface area (Å²) in [6.07, 6.45) is 0. The first-order chi connectivity index (χ1) is 12.2. The quantitative estimate of drug-likeness (QED) is 0.514. The van der Waals surface area contributed by atoms with Crippen LogP contribution in [0.5, 0.6) is 5.75 Å². The van der Waals surface area contributed by atoms with Gasteiger partial charge in [0.25, 0.3) is 11.6 Å². The van der Waals surface area contributed by atoms with Crippen LogP contribution in [0.1, 0.15) is 18.1 Å². The lowest BCUT2D eigenvalue weighted by Gasteiger charge is -2.22. The van der Waals surface area contributed by atoms with Gasteiger partial charge >= 0.3 is 0 Å². The molecule has 1 atom stereocenters. The summed E-state index contributed by atoms with van der Waals surface area (Å²) >= 11 is 0. The van der Waals surface area contributed by atoms with E-state index in [9.17, 15) is 20.0 Å². The Morgan fingerprint density at radius 3 is 2.46 bits per heavy atom. The molecule has 1 amide bonds. The van der Waals surface area contributed by atoms with Gasteiger partial charge in [-0.3, -0.25) is 14.9 Å². The van der Waals surface area contributed by atoms with E-state index < -0.39 is 16.4 Å². The Hall–Kier alpha value is -2.97. The van der Waals surface area contributed by atoms with Crippen LogP contribution < -0.4 is 10.1 Å². The summed E-state index contributed by atoms with van der Waals surface area (Å²) < 4.78 is 5.42. The number of ether oxygens (including phenoxy) is 1. The third-order valence-corrected chi connectivity index (χ3v) is 3.77. The number of hydrogen-bond acceptors (Lipinski definition) is 6. The monoisotopic (exact) mass is 360 g/mol. The minimum Gasteiger partial charge on any atom is -0.490 e. The van der Waals surface area contributed by atoms with Crippen LogP contribution in [0.3, 0.4) is 0 Å². The first-order valence-corrected chi connectivity index (χ1v) is 7.84. The number of aliphatic hydroxyl groups excluding tert-OH is 1. The average molecular weight is 360 g/mol. The second-order valence-corrected chi connectivity index (χ2v) is 6.08. The molecule has 1 unspecified atom stereocenters. The van der Waals surface area contributed by atoms with Gasteiger partial charge < -0.3 is 20.3 Å². The molecule has 0 spiro atoms. The van der Waals surface area contributed by atoms with E-state index in [1.807, 2.05) is 0 Å². The number of nitrogens with one attached hydrogen (secondary N) is 1. The summed E-state index contributed by atoms with van der Waals surface area (Å²) in [5.41, 5.74) is -0.413. The molecule has 2 rings (SSSR count). The second-order valence-electron chi connectivity index (χ2n) is 6.08. The van der Waals surface area contributed by atoms with Gasteiger partial charge in [0.05, 0.1) is 11.5 Å². The molecule has 0 aliphatic rings. The van der Waals surface area contributed by atoms with Gasteiger partial charge in [0.2, 0.25) is 0 Å². The Labute approximate surface area is 150 Å². The van der Waals surface area contributed by atoms with E-state index in [1.165, 1.54) is 25.1 Å². The molecule has 0 saturated carbocycles. The number of hydrogen-bond donors (Lipinski definition) is 3. The molecule has 0 heterocycles. The Bertz CT molecular complexity index is 802. The van der Waals surface area contributed by atoms with Crippen LogP contribution in [0.15, 0.2) is 42.5 Å². The number of nitro groups is 1. The van der Waals surface area contributed by atoms with Crippen molar-refractivity contribution in [1.82, 2.24) is 0 Å². The highest BCUT2D eigenvalue weighted by atomic mass is 16.6. The molecule has 8 nitrogen and oxygen atoms in total. The van der Waals surface area contributed by atoms with Gasteiger partial charge in [-0.25, -0.2) is 0 Å². The number of aryl methyl sites for hydroxylation is 1. The van der Waals surface area contributed by atoms with Crippen LogP contribution in [-0.4, -0.2) is 33.3 Å². The molecule has 0 bridgehead atoms. The molecule has 0 saturated heterocycles. The van der Waals surface area contributed by atoms with E-state index in [4.69, 9.17) is 9.84 Å². The van der Waals surface area contributed by atoms with E-state index >= 15 is 0 Å². The van der Waals surface area contributed by atoms with Gasteiger partial charge in [0, 0.05) is 17.3 Å². The number of amides is 1. The SMILES string of the molecule is Cc1cc(NC(=O)C(C)(O)COc2ccc(CO)cc2)ccc1[N+](=O)[O-]. The third-order valence-electron chi connectivity index (χ3n) is 3.77. The molecule has 0 fully saturated rings. The van der Waals surface area contributed by atoms with Crippen molar-refractivity contribution in [3.8, 4) is 5.75 Å². The molecular weight excluding hydrogens is 340 g/mol. The maximum absolute atomic E-state index is 12.3.